The second-order valence-electron chi connectivity index (χ2n) is 6.70. The first-order valence-electron chi connectivity index (χ1n) is 8.90. The van der Waals surface area contributed by atoms with Crippen LogP contribution in [-0.2, 0) is 13.6 Å². The zero-order valence-electron chi connectivity index (χ0n) is 15.6. The second-order valence-corrected chi connectivity index (χ2v) is 6.70. The monoisotopic (exact) mass is 361 g/mol. The number of hydrogen-bond acceptors (Lipinski definition) is 2. The summed E-state index contributed by atoms with van der Waals surface area (Å²) in [6, 6.07) is 3.99. The number of guanidine groups is 1. The van der Waals surface area contributed by atoms with Gasteiger partial charge in [0.05, 0.1) is 12.2 Å². The first kappa shape index (κ1) is 18.4. The Morgan fingerprint density at radius 3 is 2.58 bits per heavy atom. The van der Waals surface area contributed by atoms with Crippen molar-refractivity contribution in [2.75, 3.05) is 6.54 Å². The molecule has 0 spiro atoms. The Morgan fingerprint density at radius 2 is 2.00 bits per heavy atom. The molecule has 26 heavy (non-hydrogen) atoms. The molecule has 3 rings (SSSR count). The molecular formula is C19H25F2N5. The maximum atomic E-state index is 13.9. The largest absolute Gasteiger partial charge is 0.357 e. The van der Waals surface area contributed by atoms with Crippen LogP contribution in [0, 0.1) is 25.5 Å². The average Bonchev–Trinajstić information content (AvgIpc) is 3.27. The molecule has 0 amide bonds. The maximum absolute atomic E-state index is 13.9. The van der Waals surface area contributed by atoms with Gasteiger partial charge < -0.3 is 10.6 Å². The number of benzene rings is 1. The first-order chi connectivity index (χ1) is 12.4. The van der Waals surface area contributed by atoms with Gasteiger partial charge >= 0.3 is 0 Å². The van der Waals surface area contributed by atoms with Gasteiger partial charge in [0.1, 0.15) is 11.6 Å². The first-order valence-corrected chi connectivity index (χ1v) is 8.90. The molecule has 140 valence electrons. The molecule has 2 N–H and O–H groups in total. The molecule has 5 nitrogen and oxygen atoms in total. The smallest absolute Gasteiger partial charge is 0.191 e. The summed E-state index contributed by atoms with van der Waals surface area (Å²) in [5.41, 5.74) is 3.30. The van der Waals surface area contributed by atoms with Crippen LogP contribution in [0.1, 0.15) is 41.8 Å². The van der Waals surface area contributed by atoms with Gasteiger partial charge in [-0.2, -0.15) is 5.10 Å². The molecule has 0 saturated heterocycles. The van der Waals surface area contributed by atoms with Crippen LogP contribution in [0.4, 0.5) is 8.78 Å². The molecule has 2 atom stereocenters. The van der Waals surface area contributed by atoms with Gasteiger partial charge in [0.25, 0.3) is 0 Å². The van der Waals surface area contributed by atoms with E-state index in [9.17, 15) is 8.78 Å². The van der Waals surface area contributed by atoms with E-state index in [0.717, 1.165) is 17.0 Å². The predicted molar refractivity (Wildman–Crippen MR) is 98.1 cm³/mol. The average molecular weight is 361 g/mol. The van der Waals surface area contributed by atoms with Crippen LogP contribution in [0.5, 0.6) is 0 Å². The summed E-state index contributed by atoms with van der Waals surface area (Å²) in [4.78, 5) is 4.63. The van der Waals surface area contributed by atoms with Gasteiger partial charge in [-0.3, -0.25) is 4.68 Å². The highest BCUT2D eigenvalue weighted by molar-refractivity contribution is 5.80. The SMILES string of the molecule is CCNC(=NCc1c(C)nn(C)c1C)NC1CC1c1c(F)cccc1F. The fourth-order valence-electron chi connectivity index (χ4n) is 3.24. The van der Waals surface area contributed by atoms with Gasteiger partial charge in [-0.05, 0) is 39.3 Å². The molecule has 1 heterocycles. The molecule has 1 aromatic heterocycles. The molecule has 1 aliphatic rings. The summed E-state index contributed by atoms with van der Waals surface area (Å²) in [5.74, 6) is -0.480. The molecule has 0 radical (unpaired) electrons. The zero-order chi connectivity index (χ0) is 18.8. The second kappa shape index (κ2) is 7.43. The summed E-state index contributed by atoms with van der Waals surface area (Å²) < 4.78 is 29.7. The molecule has 2 unspecified atom stereocenters. The van der Waals surface area contributed by atoms with Crippen LogP contribution in [0.15, 0.2) is 23.2 Å². The quantitative estimate of drug-likeness (QED) is 0.636. The van der Waals surface area contributed by atoms with Crippen LogP contribution in [0.25, 0.3) is 0 Å². The van der Waals surface area contributed by atoms with Gasteiger partial charge in [-0.25, -0.2) is 13.8 Å². The predicted octanol–water partition coefficient (Wildman–Crippen LogP) is 2.93. The van der Waals surface area contributed by atoms with Crippen molar-refractivity contribution in [3.63, 3.8) is 0 Å². The standard InChI is InChI=1S/C19H25F2N5/c1-5-22-19(23-10-14-11(2)25-26(4)12(14)3)24-17-9-13(17)18-15(20)7-6-8-16(18)21/h6-8,13,17H,5,9-10H2,1-4H3,(H2,22,23,24). The highest BCUT2D eigenvalue weighted by atomic mass is 19.1. The Labute approximate surface area is 152 Å². The Morgan fingerprint density at radius 1 is 1.31 bits per heavy atom. The van der Waals surface area contributed by atoms with Gasteiger partial charge in [0, 0.05) is 42.4 Å². The van der Waals surface area contributed by atoms with E-state index < -0.39 is 11.6 Å². The third kappa shape index (κ3) is 3.71. The number of halogens is 2. The number of hydrogen-bond donors (Lipinski definition) is 2. The minimum Gasteiger partial charge on any atom is -0.357 e. The Bertz CT molecular complexity index is 807. The molecule has 0 bridgehead atoms. The molecule has 1 fully saturated rings. The van der Waals surface area contributed by atoms with E-state index in [-0.39, 0.29) is 17.5 Å². The number of nitrogens with zero attached hydrogens (tertiary/aromatic N) is 3. The number of rotatable bonds is 5. The fraction of sp³-hybridized carbons (Fsp3) is 0.474. The van der Waals surface area contributed by atoms with Crippen LogP contribution in [0.3, 0.4) is 0 Å². The lowest BCUT2D eigenvalue weighted by molar-refractivity contribution is 0.553. The molecule has 0 aliphatic heterocycles. The summed E-state index contributed by atoms with van der Waals surface area (Å²) >= 11 is 0. The minimum absolute atomic E-state index is 0.0182. The maximum Gasteiger partial charge on any atom is 0.191 e. The van der Waals surface area contributed by atoms with E-state index in [2.05, 4.69) is 20.7 Å². The van der Waals surface area contributed by atoms with Crippen molar-refractivity contribution in [2.45, 2.75) is 45.7 Å². The minimum atomic E-state index is -0.483. The normalized spacial score (nSPS) is 19.5. The van der Waals surface area contributed by atoms with Crippen LogP contribution in [0.2, 0.25) is 0 Å². The Balaban J connectivity index is 1.70. The van der Waals surface area contributed by atoms with Crippen LogP contribution in [-0.4, -0.2) is 28.3 Å². The van der Waals surface area contributed by atoms with Gasteiger partial charge in [0.2, 0.25) is 0 Å². The number of aryl methyl sites for hydroxylation is 2. The van der Waals surface area contributed by atoms with E-state index in [0.29, 0.717) is 25.5 Å². The van der Waals surface area contributed by atoms with Crippen molar-refractivity contribution < 1.29 is 8.78 Å². The lowest BCUT2D eigenvalue weighted by Crippen LogP contribution is -2.39. The molecule has 7 heteroatoms. The Kier molecular flexibility index (Phi) is 5.25. The lowest BCUT2D eigenvalue weighted by Gasteiger charge is -2.12. The summed E-state index contributed by atoms with van der Waals surface area (Å²) in [5, 5.41) is 10.9. The number of aliphatic imine (C=N–C) groups is 1. The van der Waals surface area contributed by atoms with Crippen molar-refractivity contribution in [2.24, 2.45) is 12.0 Å². The van der Waals surface area contributed by atoms with Crippen LogP contribution < -0.4 is 10.6 Å². The van der Waals surface area contributed by atoms with Crippen molar-refractivity contribution >= 4 is 5.96 Å². The van der Waals surface area contributed by atoms with E-state index in [1.54, 1.807) is 0 Å². The highest BCUT2D eigenvalue weighted by Gasteiger charge is 2.42. The zero-order valence-corrected chi connectivity index (χ0v) is 15.6. The molecule has 1 aromatic carbocycles. The molecular weight excluding hydrogens is 336 g/mol. The van der Waals surface area contributed by atoms with Crippen molar-refractivity contribution in [1.82, 2.24) is 20.4 Å². The third-order valence-corrected chi connectivity index (χ3v) is 4.88. The summed E-state index contributed by atoms with van der Waals surface area (Å²) in [6.45, 7) is 7.19. The van der Waals surface area contributed by atoms with Gasteiger partial charge in [-0.15, -0.1) is 0 Å². The van der Waals surface area contributed by atoms with E-state index in [4.69, 9.17) is 0 Å². The van der Waals surface area contributed by atoms with Crippen molar-refractivity contribution in [3.05, 3.63) is 52.3 Å². The van der Waals surface area contributed by atoms with E-state index in [1.165, 1.54) is 18.2 Å². The highest BCUT2D eigenvalue weighted by Crippen LogP contribution is 2.43. The van der Waals surface area contributed by atoms with E-state index >= 15 is 0 Å². The number of aromatic nitrogens is 2. The summed E-state index contributed by atoms with van der Waals surface area (Å²) in [7, 11) is 1.91. The Hall–Kier alpha value is -2.44. The summed E-state index contributed by atoms with van der Waals surface area (Å²) in [6.07, 6.45) is 0.688. The third-order valence-electron chi connectivity index (χ3n) is 4.88. The van der Waals surface area contributed by atoms with Crippen molar-refractivity contribution in [1.29, 1.82) is 0 Å². The molecule has 1 aliphatic carbocycles. The molecule has 1 saturated carbocycles. The van der Waals surface area contributed by atoms with Crippen LogP contribution >= 0.6 is 0 Å². The lowest BCUT2D eigenvalue weighted by atomic mass is 10.1. The topological polar surface area (TPSA) is 54.2 Å². The van der Waals surface area contributed by atoms with Gasteiger partial charge in [0.15, 0.2) is 5.96 Å². The number of nitrogens with one attached hydrogen (secondary N) is 2. The van der Waals surface area contributed by atoms with E-state index in [1.807, 2.05) is 32.5 Å². The molecule has 2 aromatic rings. The van der Waals surface area contributed by atoms with Crippen molar-refractivity contribution in [3.8, 4) is 0 Å². The fourth-order valence-corrected chi connectivity index (χ4v) is 3.24. The van der Waals surface area contributed by atoms with Gasteiger partial charge in [-0.1, -0.05) is 6.07 Å².